The van der Waals surface area contributed by atoms with Gasteiger partial charge < -0.3 is 0 Å². The summed E-state index contributed by atoms with van der Waals surface area (Å²) in [6.07, 6.45) is -0.550. The van der Waals surface area contributed by atoms with E-state index in [0.29, 0.717) is 4.90 Å². The third kappa shape index (κ3) is 2.62. The number of imide groups is 2. The van der Waals surface area contributed by atoms with Crippen molar-refractivity contribution in [3.8, 4) is 0 Å². The number of carbonyl (C=O) groups excluding carboxylic acids is 4. The minimum atomic E-state index is -0.815. The quantitative estimate of drug-likeness (QED) is 0.329. The summed E-state index contributed by atoms with van der Waals surface area (Å²) in [6, 6.07) is 3.30. The zero-order valence-corrected chi connectivity index (χ0v) is 13.9. The molecule has 0 saturated carbocycles. The zero-order chi connectivity index (χ0) is 18.5. The highest BCUT2D eigenvalue weighted by molar-refractivity contribution is 7.82. The molecule has 2 saturated heterocycles. The molecular formula is C14H7N3O6S2. The fourth-order valence-corrected chi connectivity index (χ4v) is 2.98. The molecule has 0 N–H and O–H groups in total. The molecule has 11 heteroatoms. The van der Waals surface area contributed by atoms with Gasteiger partial charge in [0.05, 0.1) is 33.2 Å². The van der Waals surface area contributed by atoms with Crippen molar-refractivity contribution in [2.24, 2.45) is 0 Å². The van der Waals surface area contributed by atoms with Gasteiger partial charge in [0.2, 0.25) is 11.8 Å². The summed E-state index contributed by atoms with van der Waals surface area (Å²) in [5, 5.41) is 11.4. The molecule has 0 aliphatic carbocycles. The first-order valence-electron chi connectivity index (χ1n) is 6.81. The molecule has 2 heterocycles. The van der Waals surface area contributed by atoms with Crippen molar-refractivity contribution in [3.63, 3.8) is 0 Å². The lowest BCUT2D eigenvalue weighted by molar-refractivity contribution is -0.384. The van der Waals surface area contributed by atoms with Gasteiger partial charge in [-0.15, -0.1) is 0 Å². The predicted molar refractivity (Wildman–Crippen MR) is 92.5 cm³/mol. The van der Waals surface area contributed by atoms with E-state index < -0.39 is 34.2 Å². The topological polar surface area (TPSA) is 118 Å². The van der Waals surface area contributed by atoms with Gasteiger partial charge in [0.25, 0.3) is 17.5 Å². The van der Waals surface area contributed by atoms with Gasteiger partial charge in [-0.05, 0) is 12.1 Å². The summed E-state index contributed by atoms with van der Waals surface area (Å²) in [4.78, 5) is 59.4. The zero-order valence-electron chi connectivity index (χ0n) is 12.3. The van der Waals surface area contributed by atoms with Crippen LogP contribution in [0.1, 0.15) is 12.8 Å². The molecular weight excluding hydrogens is 370 g/mol. The second kappa shape index (κ2) is 5.86. The lowest BCUT2D eigenvalue weighted by Crippen LogP contribution is -2.32. The van der Waals surface area contributed by atoms with Crippen molar-refractivity contribution in [1.29, 1.82) is 0 Å². The number of nitro benzene ring substituents is 1. The van der Waals surface area contributed by atoms with Crippen LogP contribution in [0.4, 0.5) is 17.1 Å². The predicted octanol–water partition coefficient (Wildman–Crippen LogP) is 0.861. The Bertz CT molecular complexity index is 925. The molecule has 1 aromatic rings. The van der Waals surface area contributed by atoms with Crippen LogP contribution >= 0.6 is 24.4 Å². The van der Waals surface area contributed by atoms with E-state index in [1.165, 1.54) is 6.07 Å². The van der Waals surface area contributed by atoms with E-state index in [4.69, 9.17) is 24.4 Å². The largest absolute Gasteiger partial charge is 0.295 e. The van der Waals surface area contributed by atoms with Crippen LogP contribution in [-0.4, -0.2) is 38.3 Å². The highest BCUT2D eigenvalue weighted by atomic mass is 32.1. The fourth-order valence-electron chi connectivity index (χ4n) is 2.55. The molecule has 0 bridgehead atoms. The van der Waals surface area contributed by atoms with E-state index in [0.717, 1.165) is 17.0 Å². The number of rotatable bonds is 3. The summed E-state index contributed by atoms with van der Waals surface area (Å²) in [5.41, 5.74) is -0.945. The molecule has 0 atom stereocenters. The van der Waals surface area contributed by atoms with Gasteiger partial charge in [0.1, 0.15) is 5.69 Å². The summed E-state index contributed by atoms with van der Waals surface area (Å²) in [5.74, 6) is -2.81. The lowest BCUT2D eigenvalue weighted by atomic mass is 10.2. The Balaban J connectivity index is 2.10. The average Bonchev–Trinajstić information content (AvgIpc) is 2.94. The van der Waals surface area contributed by atoms with E-state index in [1.807, 2.05) is 0 Å². The molecule has 4 amide bonds. The van der Waals surface area contributed by atoms with Crippen LogP contribution < -0.4 is 9.80 Å². The number of hydrogen-bond acceptors (Lipinski definition) is 8. The Hall–Kier alpha value is -2.92. The van der Waals surface area contributed by atoms with E-state index in [2.05, 4.69) is 0 Å². The van der Waals surface area contributed by atoms with Crippen LogP contribution in [0.5, 0.6) is 0 Å². The second-order valence-electron chi connectivity index (χ2n) is 5.20. The molecule has 126 valence electrons. The number of carbonyl (C=O) groups is 4. The molecule has 2 aliphatic rings. The smallest absolute Gasteiger partial charge is 0.274 e. The van der Waals surface area contributed by atoms with Crippen molar-refractivity contribution in [2.45, 2.75) is 12.8 Å². The van der Waals surface area contributed by atoms with Crippen LogP contribution in [0.2, 0.25) is 0 Å². The highest BCUT2D eigenvalue weighted by Gasteiger charge is 2.40. The molecule has 2 aliphatic heterocycles. The van der Waals surface area contributed by atoms with Crippen LogP contribution in [0.15, 0.2) is 18.2 Å². The Morgan fingerprint density at radius 2 is 1.44 bits per heavy atom. The monoisotopic (exact) mass is 377 g/mol. The first-order chi connectivity index (χ1) is 11.7. The third-order valence-corrected chi connectivity index (χ3v) is 4.30. The number of nitro groups is 1. The van der Waals surface area contributed by atoms with Gasteiger partial charge >= 0.3 is 0 Å². The van der Waals surface area contributed by atoms with Gasteiger partial charge in [-0.25, -0.2) is 9.80 Å². The number of thiocarbonyl (C=S) groups is 2. The lowest BCUT2D eigenvalue weighted by Gasteiger charge is -2.17. The summed E-state index contributed by atoms with van der Waals surface area (Å²) in [6.45, 7) is 0. The van der Waals surface area contributed by atoms with Crippen molar-refractivity contribution in [2.75, 3.05) is 9.80 Å². The molecule has 3 rings (SSSR count). The maximum Gasteiger partial charge on any atom is 0.295 e. The number of amides is 4. The SMILES string of the molecule is O=C1CC(=S)C(=O)N1c1ccc(N2C(=O)CC(=S)C2=O)c([N+](=O)[O-])c1. The van der Waals surface area contributed by atoms with E-state index in [-0.39, 0.29) is 33.9 Å². The number of hydrogen-bond donors (Lipinski definition) is 0. The maximum absolute atomic E-state index is 12.0. The molecule has 1 aromatic carbocycles. The Morgan fingerprint density at radius 3 is 1.88 bits per heavy atom. The van der Waals surface area contributed by atoms with Crippen LogP contribution in [0.25, 0.3) is 0 Å². The third-order valence-electron chi connectivity index (χ3n) is 3.66. The van der Waals surface area contributed by atoms with E-state index in [9.17, 15) is 29.3 Å². The van der Waals surface area contributed by atoms with Gasteiger partial charge in [-0.3, -0.25) is 29.3 Å². The number of benzene rings is 1. The summed E-state index contributed by atoms with van der Waals surface area (Å²) in [7, 11) is 0. The van der Waals surface area contributed by atoms with Crippen molar-refractivity contribution < 1.29 is 24.1 Å². The highest BCUT2D eigenvalue weighted by Crippen LogP contribution is 2.36. The van der Waals surface area contributed by atoms with Crippen LogP contribution in [0, 0.1) is 10.1 Å². The molecule has 9 nitrogen and oxygen atoms in total. The Kier molecular flexibility index (Phi) is 3.97. The van der Waals surface area contributed by atoms with Gasteiger partial charge in [-0.2, -0.15) is 0 Å². The average molecular weight is 377 g/mol. The molecule has 2 fully saturated rings. The van der Waals surface area contributed by atoms with Crippen molar-refractivity contribution >= 4 is 74.9 Å². The molecule has 0 aromatic heterocycles. The number of anilines is 2. The summed E-state index contributed by atoms with van der Waals surface area (Å²) < 4.78 is 0. The van der Waals surface area contributed by atoms with E-state index >= 15 is 0 Å². The first-order valence-corrected chi connectivity index (χ1v) is 7.62. The van der Waals surface area contributed by atoms with E-state index in [1.54, 1.807) is 0 Å². The second-order valence-corrected chi connectivity index (χ2v) is 6.18. The minimum absolute atomic E-state index is 0.0630. The van der Waals surface area contributed by atoms with Gasteiger partial charge in [-0.1, -0.05) is 24.4 Å². The number of nitrogens with zero attached hydrogens (tertiary/aromatic N) is 3. The standard InChI is InChI=1S/C14H7N3O6S2/c18-11-4-9(24)13(20)15(11)6-1-2-7(8(3-6)17(22)23)16-12(19)5-10(25)14(16)21/h1-3H,4-5H2. The normalized spacial score (nSPS) is 17.9. The van der Waals surface area contributed by atoms with Crippen LogP contribution in [0.3, 0.4) is 0 Å². The molecule has 0 spiro atoms. The van der Waals surface area contributed by atoms with Crippen LogP contribution in [-0.2, 0) is 19.2 Å². The Labute approximate surface area is 150 Å². The Morgan fingerprint density at radius 1 is 0.920 bits per heavy atom. The minimum Gasteiger partial charge on any atom is -0.274 e. The molecule has 0 unspecified atom stereocenters. The van der Waals surface area contributed by atoms with Crippen molar-refractivity contribution in [1.82, 2.24) is 0 Å². The summed E-state index contributed by atoms with van der Waals surface area (Å²) >= 11 is 9.55. The maximum atomic E-state index is 12.0. The molecule has 0 radical (unpaired) electrons. The van der Waals surface area contributed by atoms with Gasteiger partial charge in [0.15, 0.2) is 0 Å². The van der Waals surface area contributed by atoms with Gasteiger partial charge in [0, 0.05) is 6.07 Å². The molecule has 25 heavy (non-hydrogen) atoms. The fraction of sp³-hybridized carbons (Fsp3) is 0.143. The van der Waals surface area contributed by atoms with Crippen molar-refractivity contribution in [3.05, 3.63) is 28.3 Å². The first kappa shape index (κ1) is 16.9.